The lowest BCUT2D eigenvalue weighted by molar-refractivity contribution is -0.101. The topological polar surface area (TPSA) is 48.3 Å². The zero-order valence-electron chi connectivity index (χ0n) is 12.7. The van der Waals surface area contributed by atoms with Gasteiger partial charge in [0.15, 0.2) is 0 Å². The average Bonchev–Trinajstić information content (AvgIpc) is 2.90. The molecule has 1 fully saturated rings. The zero-order valence-corrected chi connectivity index (χ0v) is 12.7. The van der Waals surface area contributed by atoms with Gasteiger partial charge in [-0.3, -0.25) is 0 Å². The molecule has 2 unspecified atom stereocenters. The molecule has 0 bridgehead atoms. The summed E-state index contributed by atoms with van der Waals surface area (Å²) in [5.41, 5.74) is 2.26. The van der Waals surface area contributed by atoms with Crippen molar-refractivity contribution in [3.05, 3.63) is 30.1 Å². The Hall–Kier alpha value is -1.43. The predicted molar refractivity (Wildman–Crippen MR) is 82.5 cm³/mol. The highest BCUT2D eigenvalue weighted by molar-refractivity contribution is 5.75. The monoisotopic (exact) mass is 289 g/mol. The SMILES string of the molecule is CCn1c(CC(NC)C2COCCO2)nc2ccccc21. The van der Waals surface area contributed by atoms with Gasteiger partial charge in [-0.2, -0.15) is 0 Å². The second kappa shape index (κ2) is 6.56. The maximum Gasteiger partial charge on any atom is 0.111 e. The van der Waals surface area contributed by atoms with Crippen LogP contribution in [0.15, 0.2) is 24.3 Å². The fourth-order valence-corrected chi connectivity index (χ4v) is 2.99. The minimum atomic E-state index is 0.0915. The van der Waals surface area contributed by atoms with Crippen molar-refractivity contribution < 1.29 is 9.47 Å². The maximum absolute atomic E-state index is 5.83. The number of nitrogens with one attached hydrogen (secondary N) is 1. The van der Waals surface area contributed by atoms with Gasteiger partial charge in [0.05, 0.1) is 37.0 Å². The fourth-order valence-electron chi connectivity index (χ4n) is 2.99. The Morgan fingerprint density at radius 1 is 1.38 bits per heavy atom. The quantitative estimate of drug-likeness (QED) is 0.908. The highest BCUT2D eigenvalue weighted by Gasteiger charge is 2.26. The van der Waals surface area contributed by atoms with Crippen molar-refractivity contribution in [2.45, 2.75) is 32.0 Å². The fraction of sp³-hybridized carbons (Fsp3) is 0.562. The predicted octanol–water partition coefficient (Wildman–Crippen LogP) is 1.60. The van der Waals surface area contributed by atoms with Crippen LogP contribution in [0, 0.1) is 0 Å². The van der Waals surface area contributed by atoms with E-state index in [0.29, 0.717) is 19.8 Å². The van der Waals surface area contributed by atoms with Gasteiger partial charge in [-0.25, -0.2) is 4.98 Å². The minimum absolute atomic E-state index is 0.0915. The number of para-hydroxylation sites is 2. The molecule has 5 heteroatoms. The minimum Gasteiger partial charge on any atom is -0.376 e. The van der Waals surface area contributed by atoms with Gasteiger partial charge < -0.3 is 19.4 Å². The summed E-state index contributed by atoms with van der Waals surface area (Å²) in [6.45, 7) is 5.10. The molecule has 1 N–H and O–H groups in total. The second-order valence-electron chi connectivity index (χ2n) is 5.34. The van der Waals surface area contributed by atoms with E-state index in [9.17, 15) is 0 Å². The van der Waals surface area contributed by atoms with E-state index < -0.39 is 0 Å². The summed E-state index contributed by atoms with van der Waals surface area (Å²) in [6.07, 6.45) is 0.932. The number of aryl methyl sites for hydroxylation is 1. The zero-order chi connectivity index (χ0) is 14.7. The van der Waals surface area contributed by atoms with Crippen molar-refractivity contribution in [1.82, 2.24) is 14.9 Å². The number of hydrogen-bond donors (Lipinski definition) is 1. The van der Waals surface area contributed by atoms with Gasteiger partial charge in [-0.05, 0) is 26.1 Å². The summed E-state index contributed by atoms with van der Waals surface area (Å²) < 4.78 is 13.6. The number of nitrogens with zero attached hydrogens (tertiary/aromatic N) is 2. The first-order valence-electron chi connectivity index (χ1n) is 7.64. The molecule has 3 rings (SSSR count). The Kier molecular flexibility index (Phi) is 4.53. The van der Waals surface area contributed by atoms with Gasteiger partial charge in [0.1, 0.15) is 5.82 Å². The number of hydrogen-bond acceptors (Lipinski definition) is 4. The number of imidazole rings is 1. The van der Waals surface area contributed by atoms with Gasteiger partial charge in [0.25, 0.3) is 0 Å². The lowest BCUT2D eigenvalue weighted by atomic mass is 10.1. The van der Waals surface area contributed by atoms with Crippen LogP contribution in [0.5, 0.6) is 0 Å². The largest absolute Gasteiger partial charge is 0.376 e. The third-order valence-electron chi connectivity index (χ3n) is 4.11. The molecule has 2 aromatic rings. The van der Waals surface area contributed by atoms with Crippen LogP contribution in [0.2, 0.25) is 0 Å². The Balaban J connectivity index is 1.85. The van der Waals surface area contributed by atoms with E-state index in [0.717, 1.165) is 24.3 Å². The van der Waals surface area contributed by atoms with E-state index in [1.807, 2.05) is 13.1 Å². The Morgan fingerprint density at radius 2 is 2.24 bits per heavy atom. The van der Waals surface area contributed by atoms with Crippen molar-refractivity contribution in [3.63, 3.8) is 0 Å². The number of ether oxygens (including phenoxy) is 2. The molecule has 1 aromatic heterocycles. The summed E-state index contributed by atoms with van der Waals surface area (Å²) in [5, 5.41) is 3.36. The average molecular weight is 289 g/mol. The van der Waals surface area contributed by atoms with Crippen LogP contribution in [0.4, 0.5) is 0 Å². The maximum atomic E-state index is 5.83. The van der Waals surface area contributed by atoms with Gasteiger partial charge in [0, 0.05) is 19.0 Å². The molecule has 5 nitrogen and oxygen atoms in total. The van der Waals surface area contributed by atoms with Gasteiger partial charge in [0.2, 0.25) is 0 Å². The van der Waals surface area contributed by atoms with Crippen molar-refractivity contribution >= 4 is 11.0 Å². The first-order valence-corrected chi connectivity index (χ1v) is 7.64. The summed E-state index contributed by atoms with van der Waals surface area (Å²) in [6, 6.07) is 8.51. The molecular formula is C16H23N3O2. The molecule has 0 spiro atoms. The third-order valence-corrected chi connectivity index (χ3v) is 4.11. The molecule has 2 atom stereocenters. The Labute approximate surface area is 125 Å². The van der Waals surface area contributed by atoms with E-state index in [1.54, 1.807) is 0 Å². The first-order chi connectivity index (χ1) is 10.3. The normalized spacial score (nSPS) is 20.8. The lowest BCUT2D eigenvalue weighted by Gasteiger charge is -2.30. The van der Waals surface area contributed by atoms with Crippen molar-refractivity contribution in [2.24, 2.45) is 0 Å². The molecule has 1 aliphatic rings. The molecular weight excluding hydrogens is 266 g/mol. The van der Waals surface area contributed by atoms with Crippen LogP contribution in [0.3, 0.4) is 0 Å². The molecule has 1 aliphatic heterocycles. The molecule has 0 saturated carbocycles. The van der Waals surface area contributed by atoms with Gasteiger partial charge in [-0.1, -0.05) is 12.1 Å². The van der Waals surface area contributed by atoms with Crippen LogP contribution in [-0.4, -0.2) is 48.6 Å². The highest BCUT2D eigenvalue weighted by atomic mass is 16.6. The van der Waals surface area contributed by atoms with E-state index >= 15 is 0 Å². The standard InChI is InChI=1S/C16H23N3O2/c1-3-19-14-7-5-4-6-12(14)18-16(19)10-13(17-2)15-11-20-8-9-21-15/h4-7,13,15,17H,3,8-11H2,1-2H3. The number of rotatable bonds is 5. The Bertz CT molecular complexity index is 590. The highest BCUT2D eigenvalue weighted by Crippen LogP contribution is 2.18. The third kappa shape index (κ3) is 2.95. The molecule has 1 saturated heterocycles. The van der Waals surface area contributed by atoms with Crippen LogP contribution in [-0.2, 0) is 22.4 Å². The Morgan fingerprint density at radius 3 is 2.95 bits per heavy atom. The van der Waals surface area contributed by atoms with Crippen molar-refractivity contribution in [1.29, 1.82) is 0 Å². The van der Waals surface area contributed by atoms with Crippen LogP contribution in [0.1, 0.15) is 12.7 Å². The van der Waals surface area contributed by atoms with Gasteiger partial charge in [-0.15, -0.1) is 0 Å². The lowest BCUT2D eigenvalue weighted by Crippen LogP contribution is -2.47. The summed E-state index contributed by atoms with van der Waals surface area (Å²) in [4.78, 5) is 4.79. The second-order valence-corrected chi connectivity index (χ2v) is 5.34. The summed E-state index contributed by atoms with van der Waals surface area (Å²) in [7, 11) is 1.97. The molecule has 114 valence electrons. The molecule has 2 heterocycles. The van der Waals surface area contributed by atoms with Crippen molar-refractivity contribution in [3.8, 4) is 0 Å². The smallest absolute Gasteiger partial charge is 0.111 e. The number of benzene rings is 1. The molecule has 1 aromatic carbocycles. The van der Waals surface area contributed by atoms with E-state index in [4.69, 9.17) is 14.5 Å². The van der Waals surface area contributed by atoms with Crippen LogP contribution >= 0.6 is 0 Å². The first kappa shape index (κ1) is 14.5. The molecule has 0 aliphatic carbocycles. The number of fused-ring (bicyclic) bond motifs is 1. The summed E-state index contributed by atoms with van der Waals surface area (Å²) >= 11 is 0. The van der Waals surface area contributed by atoms with Crippen LogP contribution in [0.25, 0.3) is 11.0 Å². The van der Waals surface area contributed by atoms with Gasteiger partial charge >= 0.3 is 0 Å². The molecule has 0 amide bonds. The number of likely N-dealkylation sites (N-methyl/N-ethyl adjacent to an activating group) is 1. The van der Waals surface area contributed by atoms with E-state index in [1.165, 1.54) is 5.52 Å². The molecule has 21 heavy (non-hydrogen) atoms. The molecule has 0 radical (unpaired) electrons. The van der Waals surface area contributed by atoms with E-state index in [2.05, 4.69) is 35.0 Å². The van der Waals surface area contributed by atoms with Crippen LogP contribution < -0.4 is 5.32 Å². The van der Waals surface area contributed by atoms with Crippen molar-refractivity contribution in [2.75, 3.05) is 26.9 Å². The number of aromatic nitrogens is 2. The summed E-state index contributed by atoms with van der Waals surface area (Å²) in [5.74, 6) is 1.10. The van der Waals surface area contributed by atoms with E-state index in [-0.39, 0.29) is 12.1 Å².